The summed E-state index contributed by atoms with van der Waals surface area (Å²) in [5.74, 6) is -0.972. The second-order valence-corrected chi connectivity index (χ2v) is 6.79. The first-order chi connectivity index (χ1) is 13.0. The Morgan fingerprint density at radius 2 is 2.04 bits per heavy atom. The molecule has 6 nitrogen and oxygen atoms in total. The molecule has 0 spiro atoms. The van der Waals surface area contributed by atoms with E-state index in [4.69, 9.17) is 11.6 Å². The number of amidine groups is 1. The number of benzene rings is 2. The lowest BCUT2D eigenvalue weighted by Gasteiger charge is -2.14. The third-order valence-electron chi connectivity index (χ3n) is 3.55. The highest BCUT2D eigenvalue weighted by molar-refractivity contribution is 8.15. The van der Waals surface area contributed by atoms with Crippen LogP contribution in [-0.2, 0) is 9.59 Å². The van der Waals surface area contributed by atoms with E-state index in [2.05, 4.69) is 15.5 Å². The maximum Gasteiger partial charge on any atom is 0.244 e. The summed E-state index contributed by atoms with van der Waals surface area (Å²) in [7, 11) is 0. The molecule has 0 unspecified atom stereocenters. The zero-order valence-corrected chi connectivity index (χ0v) is 15.5. The van der Waals surface area contributed by atoms with Crippen LogP contribution in [0.2, 0.25) is 5.02 Å². The van der Waals surface area contributed by atoms with Crippen LogP contribution in [0.4, 0.5) is 10.1 Å². The van der Waals surface area contributed by atoms with Crippen molar-refractivity contribution in [2.75, 3.05) is 17.6 Å². The molecule has 9 heteroatoms. The molecular weight excluding hydrogens is 391 g/mol. The van der Waals surface area contributed by atoms with Gasteiger partial charge in [-0.15, -0.1) is 5.10 Å². The molecule has 0 radical (unpaired) electrons. The molecule has 27 heavy (non-hydrogen) atoms. The van der Waals surface area contributed by atoms with Gasteiger partial charge < -0.3 is 5.32 Å². The highest BCUT2D eigenvalue weighted by Crippen LogP contribution is 2.20. The van der Waals surface area contributed by atoms with E-state index in [0.717, 1.165) is 11.8 Å². The topological polar surface area (TPSA) is 74.1 Å². The SMILES string of the molecule is O=C(CN1C(=O)CS/C1=N/N=C\c1c(F)cccc1Cl)Nc1ccccc1. The average Bonchev–Trinajstić information content (AvgIpc) is 2.98. The van der Waals surface area contributed by atoms with Crippen LogP contribution in [0.1, 0.15) is 5.56 Å². The molecular formula is C18H14ClFN4O2S. The van der Waals surface area contributed by atoms with Crippen molar-refractivity contribution in [2.24, 2.45) is 10.2 Å². The van der Waals surface area contributed by atoms with Gasteiger partial charge in [-0.05, 0) is 24.3 Å². The zero-order valence-electron chi connectivity index (χ0n) is 13.9. The molecule has 1 fully saturated rings. The van der Waals surface area contributed by atoms with Crippen molar-refractivity contribution < 1.29 is 14.0 Å². The van der Waals surface area contributed by atoms with Crippen molar-refractivity contribution in [1.29, 1.82) is 0 Å². The molecule has 0 saturated carbocycles. The van der Waals surface area contributed by atoms with Crippen LogP contribution in [-0.4, -0.2) is 40.4 Å². The molecule has 2 aromatic carbocycles. The third-order valence-corrected chi connectivity index (χ3v) is 4.83. The number of para-hydroxylation sites is 1. The van der Waals surface area contributed by atoms with Gasteiger partial charge in [-0.1, -0.05) is 47.6 Å². The summed E-state index contributed by atoms with van der Waals surface area (Å²) in [4.78, 5) is 25.4. The number of carbonyl (C=O) groups excluding carboxylic acids is 2. The maximum absolute atomic E-state index is 13.7. The quantitative estimate of drug-likeness (QED) is 0.613. The molecule has 138 valence electrons. The Morgan fingerprint density at radius 3 is 2.78 bits per heavy atom. The predicted molar refractivity (Wildman–Crippen MR) is 106 cm³/mol. The van der Waals surface area contributed by atoms with Gasteiger partial charge in [-0.3, -0.25) is 14.5 Å². The molecule has 0 bridgehead atoms. The van der Waals surface area contributed by atoms with Crippen LogP contribution < -0.4 is 5.32 Å². The lowest BCUT2D eigenvalue weighted by atomic mass is 10.2. The monoisotopic (exact) mass is 404 g/mol. The van der Waals surface area contributed by atoms with Gasteiger partial charge in [0.05, 0.1) is 17.0 Å². The standard InChI is InChI=1S/C18H14ClFN4O2S/c19-14-7-4-8-15(20)13(14)9-21-23-18-24(17(26)11-27-18)10-16(25)22-12-5-2-1-3-6-12/h1-9H,10-11H2,(H,22,25)/b21-9-,23-18+. The van der Waals surface area contributed by atoms with E-state index in [-0.39, 0.29) is 39.9 Å². The Kier molecular flexibility index (Phi) is 6.20. The van der Waals surface area contributed by atoms with E-state index < -0.39 is 5.82 Å². The van der Waals surface area contributed by atoms with Gasteiger partial charge in [-0.2, -0.15) is 5.10 Å². The van der Waals surface area contributed by atoms with Crippen LogP contribution in [0, 0.1) is 5.82 Å². The number of carbonyl (C=O) groups is 2. The van der Waals surface area contributed by atoms with Crippen LogP contribution in [0.3, 0.4) is 0 Å². The number of nitrogens with one attached hydrogen (secondary N) is 1. The van der Waals surface area contributed by atoms with Gasteiger partial charge >= 0.3 is 0 Å². The highest BCUT2D eigenvalue weighted by atomic mass is 35.5. The van der Waals surface area contributed by atoms with E-state index in [1.165, 1.54) is 29.3 Å². The zero-order chi connectivity index (χ0) is 19.2. The fourth-order valence-electron chi connectivity index (χ4n) is 2.26. The second-order valence-electron chi connectivity index (χ2n) is 5.45. The molecule has 1 N–H and O–H groups in total. The molecule has 0 aromatic heterocycles. The van der Waals surface area contributed by atoms with Gasteiger partial charge in [-0.25, -0.2) is 4.39 Å². The van der Waals surface area contributed by atoms with Gasteiger partial charge in [0.15, 0.2) is 5.17 Å². The number of amides is 2. The van der Waals surface area contributed by atoms with Crippen molar-refractivity contribution in [3.63, 3.8) is 0 Å². The number of anilines is 1. The molecule has 3 rings (SSSR count). The first-order valence-electron chi connectivity index (χ1n) is 7.87. The van der Waals surface area contributed by atoms with Gasteiger partial charge in [0, 0.05) is 11.3 Å². The average molecular weight is 405 g/mol. The van der Waals surface area contributed by atoms with Crippen molar-refractivity contribution in [1.82, 2.24) is 4.90 Å². The van der Waals surface area contributed by atoms with E-state index in [9.17, 15) is 14.0 Å². The van der Waals surface area contributed by atoms with Gasteiger partial charge in [0.2, 0.25) is 11.8 Å². The van der Waals surface area contributed by atoms with E-state index >= 15 is 0 Å². The van der Waals surface area contributed by atoms with Crippen LogP contribution >= 0.6 is 23.4 Å². The molecule has 2 aromatic rings. The Bertz CT molecular complexity index is 901. The molecule has 1 aliphatic heterocycles. The minimum Gasteiger partial charge on any atom is -0.325 e. The Labute approximate surface area is 164 Å². The Balaban J connectivity index is 1.69. The summed E-state index contributed by atoms with van der Waals surface area (Å²) >= 11 is 7.08. The maximum atomic E-state index is 13.7. The largest absolute Gasteiger partial charge is 0.325 e. The van der Waals surface area contributed by atoms with E-state index in [1.54, 1.807) is 24.3 Å². The fourth-order valence-corrected chi connectivity index (χ4v) is 3.31. The summed E-state index contributed by atoms with van der Waals surface area (Å²) < 4.78 is 13.7. The smallest absolute Gasteiger partial charge is 0.244 e. The van der Waals surface area contributed by atoms with Crippen molar-refractivity contribution >= 4 is 52.2 Å². The van der Waals surface area contributed by atoms with Crippen LogP contribution in [0.5, 0.6) is 0 Å². The molecule has 0 aliphatic carbocycles. The van der Waals surface area contributed by atoms with Crippen molar-refractivity contribution in [3.05, 3.63) is 64.9 Å². The molecule has 2 amide bonds. The number of hydrogen-bond acceptors (Lipinski definition) is 5. The van der Waals surface area contributed by atoms with E-state index in [1.807, 2.05) is 6.07 Å². The lowest BCUT2D eigenvalue weighted by molar-refractivity contribution is -0.128. The summed E-state index contributed by atoms with van der Waals surface area (Å²) in [5, 5.41) is 10.9. The van der Waals surface area contributed by atoms with Crippen molar-refractivity contribution in [3.8, 4) is 0 Å². The summed E-state index contributed by atoms with van der Waals surface area (Å²) in [5.41, 5.74) is 0.735. The Morgan fingerprint density at radius 1 is 1.26 bits per heavy atom. The number of rotatable bonds is 5. The second kappa shape index (κ2) is 8.79. The van der Waals surface area contributed by atoms with Crippen molar-refractivity contribution in [2.45, 2.75) is 0 Å². The normalized spacial score (nSPS) is 15.7. The molecule has 1 saturated heterocycles. The fraction of sp³-hybridized carbons (Fsp3) is 0.111. The summed E-state index contributed by atoms with van der Waals surface area (Å²) in [6, 6.07) is 13.2. The first-order valence-corrected chi connectivity index (χ1v) is 9.24. The van der Waals surface area contributed by atoms with E-state index in [0.29, 0.717) is 5.69 Å². The van der Waals surface area contributed by atoms with Crippen LogP contribution in [0.25, 0.3) is 0 Å². The third kappa shape index (κ3) is 4.93. The first kappa shape index (κ1) is 19.1. The summed E-state index contributed by atoms with van der Waals surface area (Å²) in [6.45, 7) is -0.185. The number of thioether (sulfide) groups is 1. The number of nitrogens with zero attached hydrogens (tertiary/aromatic N) is 3. The predicted octanol–water partition coefficient (Wildman–Crippen LogP) is 3.38. The van der Waals surface area contributed by atoms with Crippen LogP contribution in [0.15, 0.2) is 58.7 Å². The number of halogens is 2. The number of hydrogen-bond donors (Lipinski definition) is 1. The van der Waals surface area contributed by atoms with Gasteiger partial charge in [0.25, 0.3) is 0 Å². The minimum atomic E-state index is -0.527. The molecule has 1 aliphatic rings. The minimum absolute atomic E-state index is 0.103. The highest BCUT2D eigenvalue weighted by Gasteiger charge is 2.30. The molecule has 1 heterocycles. The summed E-state index contributed by atoms with van der Waals surface area (Å²) in [6.07, 6.45) is 1.18. The molecule has 0 atom stereocenters. The Hall–Kier alpha value is -2.71. The lowest BCUT2D eigenvalue weighted by Crippen LogP contribution is -2.37. The van der Waals surface area contributed by atoms with Gasteiger partial charge in [0.1, 0.15) is 12.4 Å².